The molecular weight excluding hydrogens is 300 g/mol. The summed E-state index contributed by atoms with van der Waals surface area (Å²) in [5.74, 6) is 0. The highest BCUT2D eigenvalue weighted by Crippen LogP contribution is 2.44. The van der Waals surface area contributed by atoms with Gasteiger partial charge in [-0.2, -0.15) is 0 Å². The van der Waals surface area contributed by atoms with Crippen molar-refractivity contribution >= 4 is 45.4 Å². The van der Waals surface area contributed by atoms with Gasteiger partial charge in [-0.05, 0) is 36.2 Å². The van der Waals surface area contributed by atoms with Crippen molar-refractivity contribution in [1.29, 1.82) is 0 Å². The van der Waals surface area contributed by atoms with Crippen LogP contribution in [-0.2, 0) is 0 Å². The fraction of sp³-hybridized carbons (Fsp3) is 0.188. The molecule has 0 spiro atoms. The number of hydrogen-bond donors (Lipinski definition) is 0. The normalized spacial score (nSPS) is 17.6. The standard InChI is InChI=1S/C16H14N2OS2/c1-3-14-15(18-6-5-17-16(18)21-14)12-8-10(20-2)9-13-11(12)4-7-19-13/h3-4,7-9H,1,5-6H2,2H3. The third-order valence-electron chi connectivity index (χ3n) is 3.73. The van der Waals surface area contributed by atoms with Crippen molar-refractivity contribution in [2.24, 2.45) is 4.99 Å². The number of thioether (sulfide) groups is 2. The summed E-state index contributed by atoms with van der Waals surface area (Å²) in [5.41, 5.74) is 3.36. The second-order valence-corrected chi connectivity index (χ2v) is 6.73. The van der Waals surface area contributed by atoms with Crippen LogP contribution in [0.4, 0.5) is 0 Å². The molecule has 21 heavy (non-hydrogen) atoms. The second-order valence-electron chi connectivity index (χ2n) is 4.84. The predicted octanol–water partition coefficient (Wildman–Crippen LogP) is 4.43. The number of amidine groups is 1. The summed E-state index contributed by atoms with van der Waals surface area (Å²) >= 11 is 3.44. The van der Waals surface area contributed by atoms with Crippen LogP contribution in [0.3, 0.4) is 0 Å². The van der Waals surface area contributed by atoms with Crippen LogP contribution in [-0.4, -0.2) is 29.4 Å². The van der Waals surface area contributed by atoms with E-state index in [-0.39, 0.29) is 0 Å². The maximum absolute atomic E-state index is 5.62. The van der Waals surface area contributed by atoms with E-state index in [1.54, 1.807) is 29.8 Å². The molecule has 4 rings (SSSR count). The molecule has 5 heteroatoms. The first-order chi connectivity index (χ1) is 10.3. The molecular formula is C16H14N2OS2. The minimum absolute atomic E-state index is 0.868. The molecule has 0 aliphatic carbocycles. The highest BCUT2D eigenvalue weighted by atomic mass is 32.2. The number of benzene rings is 1. The minimum Gasteiger partial charge on any atom is -0.464 e. The first kappa shape index (κ1) is 13.1. The van der Waals surface area contributed by atoms with E-state index in [4.69, 9.17) is 4.42 Å². The van der Waals surface area contributed by atoms with E-state index in [1.807, 2.05) is 12.1 Å². The van der Waals surface area contributed by atoms with Gasteiger partial charge in [0.05, 0.1) is 18.5 Å². The SMILES string of the molecule is C=CC1=C(c2cc(SC)cc3occc23)N2CCN=C2S1. The summed E-state index contributed by atoms with van der Waals surface area (Å²) in [5, 5.41) is 2.24. The first-order valence-corrected chi connectivity index (χ1v) is 8.78. The van der Waals surface area contributed by atoms with Crippen molar-refractivity contribution < 1.29 is 4.42 Å². The minimum atomic E-state index is 0.868. The molecule has 0 fully saturated rings. The summed E-state index contributed by atoms with van der Waals surface area (Å²) < 4.78 is 5.62. The Bertz CT molecular complexity index is 804. The summed E-state index contributed by atoms with van der Waals surface area (Å²) in [4.78, 5) is 9.25. The Morgan fingerprint density at radius 3 is 3.19 bits per heavy atom. The molecule has 0 atom stereocenters. The van der Waals surface area contributed by atoms with E-state index >= 15 is 0 Å². The van der Waals surface area contributed by atoms with Gasteiger partial charge >= 0.3 is 0 Å². The molecule has 1 aromatic heterocycles. The number of aliphatic imine (C=N–C) groups is 1. The van der Waals surface area contributed by atoms with Gasteiger partial charge < -0.3 is 9.32 Å². The predicted molar refractivity (Wildman–Crippen MR) is 91.7 cm³/mol. The maximum Gasteiger partial charge on any atom is 0.168 e. The van der Waals surface area contributed by atoms with Crippen LogP contribution in [0.1, 0.15) is 5.56 Å². The lowest BCUT2D eigenvalue weighted by molar-refractivity contribution is 0.614. The van der Waals surface area contributed by atoms with Gasteiger partial charge in [-0.1, -0.05) is 12.7 Å². The molecule has 3 nitrogen and oxygen atoms in total. The number of furan rings is 1. The molecule has 3 heterocycles. The quantitative estimate of drug-likeness (QED) is 0.784. The van der Waals surface area contributed by atoms with Crippen LogP contribution < -0.4 is 0 Å². The summed E-state index contributed by atoms with van der Waals surface area (Å²) in [6.07, 6.45) is 5.77. The summed E-state index contributed by atoms with van der Waals surface area (Å²) in [7, 11) is 0. The average molecular weight is 314 g/mol. The third-order valence-corrected chi connectivity index (χ3v) is 5.55. The van der Waals surface area contributed by atoms with Crippen LogP contribution in [0, 0.1) is 0 Å². The highest BCUT2D eigenvalue weighted by molar-refractivity contribution is 8.17. The summed E-state index contributed by atoms with van der Waals surface area (Å²) in [6, 6.07) is 6.38. The molecule has 0 N–H and O–H groups in total. The van der Waals surface area contributed by atoms with Gasteiger partial charge in [-0.25, -0.2) is 0 Å². The van der Waals surface area contributed by atoms with Crippen LogP contribution in [0.5, 0.6) is 0 Å². The molecule has 2 aliphatic heterocycles. The molecule has 0 saturated carbocycles. The largest absolute Gasteiger partial charge is 0.464 e. The Kier molecular flexibility index (Phi) is 3.12. The Morgan fingerprint density at radius 2 is 2.38 bits per heavy atom. The van der Waals surface area contributed by atoms with E-state index in [0.717, 1.165) is 29.2 Å². The Morgan fingerprint density at radius 1 is 1.48 bits per heavy atom. The van der Waals surface area contributed by atoms with Gasteiger partial charge in [0.25, 0.3) is 0 Å². The lowest BCUT2D eigenvalue weighted by atomic mass is 10.1. The lowest BCUT2D eigenvalue weighted by Gasteiger charge is -2.18. The molecule has 0 saturated heterocycles. The zero-order valence-corrected chi connectivity index (χ0v) is 13.3. The Labute approximate surface area is 131 Å². The van der Waals surface area contributed by atoms with Crippen molar-refractivity contribution in [3.8, 4) is 0 Å². The zero-order valence-electron chi connectivity index (χ0n) is 11.6. The van der Waals surface area contributed by atoms with Gasteiger partial charge in [0, 0.05) is 27.3 Å². The maximum atomic E-state index is 5.62. The monoisotopic (exact) mass is 314 g/mol. The van der Waals surface area contributed by atoms with E-state index in [2.05, 4.69) is 34.9 Å². The van der Waals surface area contributed by atoms with Gasteiger partial charge in [-0.3, -0.25) is 4.99 Å². The summed E-state index contributed by atoms with van der Waals surface area (Å²) in [6.45, 7) is 5.78. The molecule has 0 bridgehead atoms. The average Bonchev–Trinajstić information content (AvgIpc) is 3.20. The van der Waals surface area contributed by atoms with Crippen molar-refractivity contribution in [3.05, 3.63) is 47.6 Å². The number of hydrogen-bond acceptors (Lipinski definition) is 5. The molecule has 106 valence electrons. The Balaban J connectivity index is 1.98. The smallest absolute Gasteiger partial charge is 0.168 e. The van der Waals surface area contributed by atoms with Crippen molar-refractivity contribution in [2.75, 3.05) is 19.3 Å². The van der Waals surface area contributed by atoms with Crippen LogP contribution in [0.2, 0.25) is 0 Å². The zero-order chi connectivity index (χ0) is 14.4. The number of fused-ring (bicyclic) bond motifs is 2. The highest BCUT2D eigenvalue weighted by Gasteiger charge is 2.32. The van der Waals surface area contributed by atoms with E-state index in [9.17, 15) is 0 Å². The molecule has 1 aromatic carbocycles. The second kappa shape index (κ2) is 5.00. The first-order valence-electron chi connectivity index (χ1n) is 6.74. The number of rotatable bonds is 3. The van der Waals surface area contributed by atoms with Crippen LogP contribution in [0.25, 0.3) is 16.7 Å². The number of nitrogens with zero attached hydrogens (tertiary/aromatic N) is 2. The van der Waals surface area contributed by atoms with Crippen LogP contribution >= 0.6 is 23.5 Å². The van der Waals surface area contributed by atoms with Crippen molar-refractivity contribution in [2.45, 2.75) is 4.90 Å². The molecule has 2 aliphatic rings. The fourth-order valence-corrected chi connectivity index (χ4v) is 4.28. The Hall–Kier alpha value is -1.59. The fourth-order valence-electron chi connectivity index (χ4n) is 2.78. The van der Waals surface area contributed by atoms with Crippen molar-refractivity contribution in [1.82, 2.24) is 4.90 Å². The van der Waals surface area contributed by atoms with Gasteiger partial charge in [0.2, 0.25) is 0 Å². The molecule has 0 radical (unpaired) electrons. The third kappa shape index (κ3) is 1.95. The topological polar surface area (TPSA) is 28.7 Å². The van der Waals surface area contributed by atoms with Crippen LogP contribution in [0.15, 0.2) is 56.3 Å². The van der Waals surface area contributed by atoms with E-state index in [0.29, 0.717) is 0 Å². The molecule has 2 aromatic rings. The molecule has 0 amide bonds. The van der Waals surface area contributed by atoms with Gasteiger partial charge in [-0.15, -0.1) is 11.8 Å². The number of allylic oxidation sites excluding steroid dienone is 1. The van der Waals surface area contributed by atoms with Gasteiger partial charge in [0.15, 0.2) is 5.17 Å². The molecule has 0 unspecified atom stereocenters. The van der Waals surface area contributed by atoms with E-state index in [1.165, 1.54) is 21.1 Å². The van der Waals surface area contributed by atoms with Crippen molar-refractivity contribution in [3.63, 3.8) is 0 Å². The van der Waals surface area contributed by atoms with E-state index < -0.39 is 0 Å². The lowest BCUT2D eigenvalue weighted by Crippen LogP contribution is -2.20. The van der Waals surface area contributed by atoms with Gasteiger partial charge in [0.1, 0.15) is 5.58 Å².